The lowest BCUT2D eigenvalue weighted by Crippen LogP contribution is -2.43. The van der Waals surface area contributed by atoms with E-state index < -0.39 is 0 Å². The second-order valence-electron chi connectivity index (χ2n) is 4.54. The summed E-state index contributed by atoms with van der Waals surface area (Å²) in [6.45, 7) is 9.79. The van der Waals surface area contributed by atoms with Gasteiger partial charge in [0.15, 0.2) is 0 Å². The highest BCUT2D eigenvalue weighted by atomic mass is 16.5. The molecule has 0 amide bonds. The highest BCUT2D eigenvalue weighted by Gasteiger charge is 2.25. The second kappa shape index (κ2) is 6.41. The van der Waals surface area contributed by atoms with Crippen LogP contribution < -0.4 is 5.32 Å². The molecule has 0 aromatic rings. The average molecular weight is 199 g/mol. The number of hydrogen-bond donors (Lipinski definition) is 1. The summed E-state index contributed by atoms with van der Waals surface area (Å²) in [7, 11) is 0. The quantitative estimate of drug-likeness (QED) is 0.734. The van der Waals surface area contributed by atoms with Gasteiger partial charge in [0.05, 0.1) is 6.61 Å². The number of hydrogen-bond acceptors (Lipinski definition) is 2. The van der Waals surface area contributed by atoms with Crippen LogP contribution >= 0.6 is 0 Å². The summed E-state index contributed by atoms with van der Waals surface area (Å²) in [5.41, 5.74) is 0. The van der Waals surface area contributed by atoms with E-state index in [1.54, 1.807) is 0 Å². The Kier molecular flexibility index (Phi) is 5.49. The largest absolute Gasteiger partial charge is 0.381 e. The zero-order valence-electron chi connectivity index (χ0n) is 9.88. The molecule has 1 saturated heterocycles. The van der Waals surface area contributed by atoms with Crippen LogP contribution in [0.1, 0.15) is 40.0 Å². The fourth-order valence-electron chi connectivity index (χ4n) is 2.24. The highest BCUT2D eigenvalue weighted by Crippen LogP contribution is 2.23. The molecule has 2 heteroatoms. The van der Waals surface area contributed by atoms with Crippen molar-refractivity contribution in [3.05, 3.63) is 0 Å². The fraction of sp³-hybridized carbons (Fsp3) is 1.00. The van der Waals surface area contributed by atoms with Gasteiger partial charge in [0.25, 0.3) is 0 Å². The Labute approximate surface area is 88.4 Å². The second-order valence-corrected chi connectivity index (χ2v) is 4.54. The van der Waals surface area contributed by atoms with E-state index in [9.17, 15) is 0 Å². The maximum absolute atomic E-state index is 5.56. The third-order valence-corrected chi connectivity index (χ3v) is 3.34. The Morgan fingerprint density at radius 1 is 1.43 bits per heavy atom. The number of rotatable bonds is 5. The van der Waals surface area contributed by atoms with Gasteiger partial charge < -0.3 is 10.1 Å². The predicted octanol–water partition coefficient (Wildman–Crippen LogP) is 2.44. The molecule has 0 bridgehead atoms. The minimum absolute atomic E-state index is 0.697. The summed E-state index contributed by atoms with van der Waals surface area (Å²) < 4.78 is 5.56. The van der Waals surface area contributed by atoms with E-state index in [-0.39, 0.29) is 0 Å². The van der Waals surface area contributed by atoms with Crippen molar-refractivity contribution < 1.29 is 4.74 Å². The van der Waals surface area contributed by atoms with Crippen molar-refractivity contribution in [2.24, 2.45) is 11.8 Å². The molecule has 1 heterocycles. The van der Waals surface area contributed by atoms with Gasteiger partial charge in [-0.15, -0.1) is 0 Å². The van der Waals surface area contributed by atoms with E-state index in [4.69, 9.17) is 4.74 Å². The van der Waals surface area contributed by atoms with Crippen LogP contribution in [0.3, 0.4) is 0 Å². The van der Waals surface area contributed by atoms with Crippen molar-refractivity contribution in [2.45, 2.75) is 46.1 Å². The zero-order chi connectivity index (χ0) is 10.4. The summed E-state index contributed by atoms with van der Waals surface area (Å²) in [6.07, 6.45) is 3.79. The molecule has 1 N–H and O–H groups in total. The number of ether oxygens (including phenoxy) is 1. The molecule has 14 heavy (non-hydrogen) atoms. The maximum Gasteiger partial charge on any atom is 0.0509 e. The van der Waals surface area contributed by atoms with Gasteiger partial charge in [-0.05, 0) is 31.2 Å². The Bertz CT molecular complexity index is 147. The average Bonchev–Trinajstić information content (AvgIpc) is 2.21. The molecule has 3 unspecified atom stereocenters. The molecule has 3 atom stereocenters. The van der Waals surface area contributed by atoms with Crippen molar-refractivity contribution in [3.63, 3.8) is 0 Å². The van der Waals surface area contributed by atoms with Crippen molar-refractivity contribution in [2.75, 3.05) is 19.8 Å². The molecule has 1 rings (SSSR count). The highest BCUT2D eigenvalue weighted by molar-refractivity contribution is 4.80. The van der Waals surface area contributed by atoms with Crippen molar-refractivity contribution >= 4 is 0 Å². The third-order valence-electron chi connectivity index (χ3n) is 3.34. The molecule has 0 aliphatic carbocycles. The van der Waals surface area contributed by atoms with Crippen LogP contribution in [0.4, 0.5) is 0 Å². The van der Waals surface area contributed by atoms with Gasteiger partial charge in [-0.3, -0.25) is 0 Å². The lowest BCUT2D eigenvalue weighted by molar-refractivity contribution is 0.0234. The molecule has 84 valence electrons. The Hall–Kier alpha value is -0.0800. The first-order valence-electron chi connectivity index (χ1n) is 6.09. The lowest BCUT2D eigenvalue weighted by atomic mass is 9.86. The van der Waals surface area contributed by atoms with Gasteiger partial charge in [-0.25, -0.2) is 0 Å². The molecular weight excluding hydrogens is 174 g/mol. The van der Waals surface area contributed by atoms with Gasteiger partial charge in [0, 0.05) is 12.6 Å². The third kappa shape index (κ3) is 3.58. The molecule has 2 nitrogen and oxygen atoms in total. The maximum atomic E-state index is 5.56. The topological polar surface area (TPSA) is 21.3 Å². The Morgan fingerprint density at radius 3 is 2.86 bits per heavy atom. The van der Waals surface area contributed by atoms with Crippen molar-refractivity contribution in [1.82, 2.24) is 5.32 Å². The Balaban J connectivity index is 2.37. The smallest absolute Gasteiger partial charge is 0.0509 e. The van der Waals surface area contributed by atoms with Gasteiger partial charge in [0.1, 0.15) is 0 Å². The van der Waals surface area contributed by atoms with Crippen LogP contribution in [-0.2, 0) is 4.74 Å². The Morgan fingerprint density at radius 2 is 2.21 bits per heavy atom. The zero-order valence-corrected chi connectivity index (χ0v) is 9.88. The van der Waals surface area contributed by atoms with E-state index in [0.29, 0.717) is 6.04 Å². The van der Waals surface area contributed by atoms with Crippen LogP contribution in [0.25, 0.3) is 0 Å². The van der Waals surface area contributed by atoms with Crippen LogP contribution in [0.5, 0.6) is 0 Å². The summed E-state index contributed by atoms with van der Waals surface area (Å²) in [4.78, 5) is 0. The standard InChI is InChI=1S/C12H25NO/c1-4-10(3)8-11-9-14-7-6-12(11)13-5-2/h10-13H,4-9H2,1-3H3. The summed E-state index contributed by atoms with van der Waals surface area (Å²) in [5.74, 6) is 1.57. The first-order valence-corrected chi connectivity index (χ1v) is 6.09. The molecular formula is C12H25NO. The molecule has 0 radical (unpaired) electrons. The van der Waals surface area contributed by atoms with Gasteiger partial charge in [-0.2, -0.15) is 0 Å². The monoisotopic (exact) mass is 199 g/mol. The van der Waals surface area contributed by atoms with Gasteiger partial charge in [0.2, 0.25) is 0 Å². The summed E-state index contributed by atoms with van der Waals surface area (Å²) >= 11 is 0. The summed E-state index contributed by atoms with van der Waals surface area (Å²) in [6, 6.07) is 0.697. The van der Waals surface area contributed by atoms with E-state index in [2.05, 4.69) is 26.1 Å². The number of nitrogens with one attached hydrogen (secondary N) is 1. The minimum atomic E-state index is 0.697. The summed E-state index contributed by atoms with van der Waals surface area (Å²) in [5, 5.41) is 3.58. The van der Waals surface area contributed by atoms with Crippen LogP contribution in [0.15, 0.2) is 0 Å². The van der Waals surface area contributed by atoms with Gasteiger partial charge in [-0.1, -0.05) is 27.2 Å². The van der Waals surface area contributed by atoms with Crippen molar-refractivity contribution in [3.8, 4) is 0 Å². The molecule has 0 aromatic heterocycles. The molecule has 1 aliphatic rings. The minimum Gasteiger partial charge on any atom is -0.381 e. The SMILES string of the molecule is CCNC1CCOCC1CC(C)CC. The van der Waals surface area contributed by atoms with E-state index in [1.807, 2.05) is 0 Å². The fourth-order valence-corrected chi connectivity index (χ4v) is 2.24. The normalized spacial score (nSPS) is 30.2. The molecule has 0 spiro atoms. The predicted molar refractivity (Wildman–Crippen MR) is 60.5 cm³/mol. The van der Waals surface area contributed by atoms with Crippen LogP contribution in [0.2, 0.25) is 0 Å². The molecule has 1 aliphatic heterocycles. The van der Waals surface area contributed by atoms with E-state index in [1.165, 1.54) is 19.3 Å². The lowest BCUT2D eigenvalue weighted by Gasteiger charge is -2.33. The molecule has 0 saturated carbocycles. The van der Waals surface area contributed by atoms with Crippen LogP contribution in [-0.4, -0.2) is 25.8 Å². The van der Waals surface area contributed by atoms with Gasteiger partial charge >= 0.3 is 0 Å². The molecule has 1 fully saturated rings. The van der Waals surface area contributed by atoms with E-state index >= 15 is 0 Å². The van der Waals surface area contributed by atoms with Crippen molar-refractivity contribution in [1.29, 1.82) is 0 Å². The van der Waals surface area contributed by atoms with Crippen LogP contribution in [0, 0.1) is 11.8 Å². The first kappa shape index (κ1) is 12.0. The van der Waals surface area contributed by atoms with E-state index in [0.717, 1.165) is 31.6 Å². The first-order chi connectivity index (χ1) is 6.77. The molecule has 0 aromatic carbocycles.